The Balaban J connectivity index is 1.70. The lowest BCUT2D eigenvalue weighted by Gasteiger charge is -2.23. The summed E-state index contributed by atoms with van der Waals surface area (Å²) < 4.78 is 6.60. The third kappa shape index (κ3) is 4.36. The van der Waals surface area contributed by atoms with E-state index in [2.05, 4.69) is 4.98 Å². The van der Waals surface area contributed by atoms with E-state index in [1.165, 1.54) is 16.2 Å². The van der Waals surface area contributed by atoms with E-state index in [1.54, 1.807) is 36.4 Å². The quantitative estimate of drug-likeness (QED) is 0.175. The molecule has 0 radical (unpaired) electrons. The molecule has 1 aliphatic rings. The van der Waals surface area contributed by atoms with Crippen molar-refractivity contribution in [3.8, 4) is 5.75 Å². The first-order valence-corrected chi connectivity index (χ1v) is 12.7. The van der Waals surface area contributed by atoms with E-state index < -0.39 is 17.7 Å². The fourth-order valence-corrected chi connectivity index (χ4v) is 5.46. The number of rotatable bonds is 6. The summed E-state index contributed by atoms with van der Waals surface area (Å²) in [6.07, 6.45) is 0.838. The summed E-state index contributed by atoms with van der Waals surface area (Å²) >= 11 is 7.42. The molecule has 3 aromatic carbocycles. The number of anilines is 1. The van der Waals surface area contributed by atoms with Gasteiger partial charge in [0.05, 0.1) is 28.4 Å². The van der Waals surface area contributed by atoms with E-state index in [9.17, 15) is 14.7 Å². The van der Waals surface area contributed by atoms with Crippen molar-refractivity contribution in [2.24, 2.45) is 0 Å². The van der Waals surface area contributed by atoms with E-state index in [-0.39, 0.29) is 11.3 Å². The number of carbonyl (C=O) groups excluding carboxylic acids is 2. The molecule has 1 saturated heterocycles. The van der Waals surface area contributed by atoms with Gasteiger partial charge < -0.3 is 9.84 Å². The molecule has 1 amide bonds. The van der Waals surface area contributed by atoms with Crippen LogP contribution in [0, 0.1) is 6.92 Å². The van der Waals surface area contributed by atoms with Crippen LogP contribution in [0.15, 0.2) is 72.3 Å². The Morgan fingerprint density at radius 2 is 1.89 bits per heavy atom. The second-order valence-electron chi connectivity index (χ2n) is 8.56. The van der Waals surface area contributed by atoms with Crippen LogP contribution in [0.5, 0.6) is 5.75 Å². The molecular formula is C28H23ClN2O4S. The molecule has 1 aliphatic heterocycles. The van der Waals surface area contributed by atoms with E-state index in [0.717, 1.165) is 16.7 Å². The fraction of sp³-hybridized carbons (Fsp3) is 0.179. The Labute approximate surface area is 217 Å². The normalized spacial score (nSPS) is 17.2. The van der Waals surface area contributed by atoms with Crippen LogP contribution in [-0.2, 0) is 9.59 Å². The topological polar surface area (TPSA) is 79.7 Å². The number of aryl methyl sites for hydroxylation is 1. The number of ether oxygens (including phenoxy) is 1. The van der Waals surface area contributed by atoms with Gasteiger partial charge in [-0.1, -0.05) is 71.8 Å². The SMILES string of the molecule is CCCOc1cccc(C2/C(=C(\O)c3ccc(C)cc3)C(=O)C(=O)N2c2nc3ccc(Cl)cc3s2)c1. The monoisotopic (exact) mass is 518 g/mol. The number of benzene rings is 3. The number of hydrogen-bond donors (Lipinski definition) is 1. The van der Waals surface area contributed by atoms with Gasteiger partial charge in [0.2, 0.25) is 0 Å². The molecule has 0 saturated carbocycles. The summed E-state index contributed by atoms with van der Waals surface area (Å²) in [6, 6.07) is 18.8. The third-order valence-corrected chi connectivity index (χ3v) is 7.21. The van der Waals surface area contributed by atoms with Crippen molar-refractivity contribution in [3.05, 3.63) is 94.0 Å². The molecule has 0 bridgehead atoms. The van der Waals surface area contributed by atoms with E-state index >= 15 is 0 Å². The Kier molecular flexibility index (Phi) is 6.51. The van der Waals surface area contributed by atoms with Crippen LogP contribution in [0.3, 0.4) is 0 Å². The third-order valence-electron chi connectivity index (χ3n) is 5.96. The first kappa shape index (κ1) is 24.0. The lowest BCUT2D eigenvalue weighted by Crippen LogP contribution is -2.29. The van der Waals surface area contributed by atoms with Crippen LogP contribution in [-0.4, -0.2) is 28.4 Å². The first-order valence-electron chi connectivity index (χ1n) is 11.5. The summed E-state index contributed by atoms with van der Waals surface area (Å²) in [5.74, 6) is -1.13. The largest absolute Gasteiger partial charge is 0.507 e. The summed E-state index contributed by atoms with van der Waals surface area (Å²) in [5, 5.41) is 12.2. The molecule has 0 aliphatic carbocycles. The van der Waals surface area contributed by atoms with Crippen LogP contribution < -0.4 is 9.64 Å². The van der Waals surface area contributed by atoms with Gasteiger partial charge in [0.15, 0.2) is 5.13 Å². The molecule has 1 atom stereocenters. The van der Waals surface area contributed by atoms with Gasteiger partial charge in [-0.2, -0.15) is 0 Å². The number of ketones is 1. The molecule has 1 N–H and O–H groups in total. The van der Waals surface area contributed by atoms with Gasteiger partial charge in [0.1, 0.15) is 11.5 Å². The maximum absolute atomic E-state index is 13.4. The summed E-state index contributed by atoms with van der Waals surface area (Å²) in [6.45, 7) is 4.48. The van der Waals surface area contributed by atoms with Crippen molar-refractivity contribution in [2.75, 3.05) is 11.5 Å². The lowest BCUT2D eigenvalue weighted by atomic mass is 9.95. The first-order chi connectivity index (χ1) is 17.4. The zero-order valence-corrected chi connectivity index (χ0v) is 21.3. The maximum atomic E-state index is 13.4. The predicted octanol–water partition coefficient (Wildman–Crippen LogP) is 6.67. The molecule has 1 unspecified atom stereocenters. The highest BCUT2D eigenvalue weighted by molar-refractivity contribution is 7.22. The number of aliphatic hydroxyl groups is 1. The fourth-order valence-electron chi connectivity index (χ4n) is 4.20. The number of carbonyl (C=O) groups is 2. The van der Waals surface area contributed by atoms with Gasteiger partial charge in [0, 0.05) is 10.6 Å². The Bertz CT molecular complexity index is 1510. The smallest absolute Gasteiger partial charge is 0.301 e. The number of hydrogen-bond acceptors (Lipinski definition) is 6. The van der Waals surface area contributed by atoms with Crippen molar-refractivity contribution in [2.45, 2.75) is 26.3 Å². The number of thiazole rings is 1. The van der Waals surface area contributed by atoms with Crippen LogP contribution >= 0.6 is 22.9 Å². The summed E-state index contributed by atoms with van der Waals surface area (Å²) in [5.41, 5.74) is 2.77. The van der Waals surface area contributed by atoms with E-state index in [1.807, 2.05) is 44.2 Å². The highest BCUT2D eigenvalue weighted by atomic mass is 35.5. The summed E-state index contributed by atoms with van der Waals surface area (Å²) in [7, 11) is 0. The van der Waals surface area contributed by atoms with Crippen molar-refractivity contribution in [3.63, 3.8) is 0 Å². The van der Waals surface area contributed by atoms with Crippen molar-refractivity contribution in [1.29, 1.82) is 0 Å². The predicted molar refractivity (Wildman–Crippen MR) is 143 cm³/mol. The molecule has 0 spiro atoms. The minimum Gasteiger partial charge on any atom is -0.507 e. The van der Waals surface area contributed by atoms with Crippen LogP contribution in [0.25, 0.3) is 16.0 Å². The van der Waals surface area contributed by atoms with Crippen LogP contribution in [0.2, 0.25) is 5.02 Å². The summed E-state index contributed by atoms with van der Waals surface area (Å²) in [4.78, 5) is 32.8. The standard InChI is InChI=1S/C28H23ClN2O4S/c1-3-13-35-20-6-4-5-18(14-20)24-23(25(32)17-9-7-16(2)8-10-17)26(33)27(34)31(24)28-30-21-12-11-19(29)15-22(21)36-28/h4-12,14-15,24,32H,3,13H2,1-2H3/b25-23+. The van der Waals surface area contributed by atoms with E-state index in [4.69, 9.17) is 16.3 Å². The Morgan fingerprint density at radius 3 is 2.64 bits per heavy atom. The number of amides is 1. The average Bonchev–Trinajstić information content (AvgIpc) is 3.40. The minimum atomic E-state index is -0.882. The second kappa shape index (κ2) is 9.76. The van der Waals surface area contributed by atoms with Crippen molar-refractivity contribution < 1.29 is 19.4 Å². The average molecular weight is 519 g/mol. The zero-order valence-electron chi connectivity index (χ0n) is 19.7. The van der Waals surface area contributed by atoms with Gasteiger partial charge >= 0.3 is 5.91 Å². The molecule has 1 fully saturated rings. The molecule has 5 rings (SSSR count). The highest BCUT2D eigenvalue weighted by Crippen LogP contribution is 2.45. The number of aliphatic hydroxyl groups excluding tert-OH is 1. The van der Waals surface area contributed by atoms with Gasteiger partial charge in [-0.3, -0.25) is 14.5 Å². The highest BCUT2D eigenvalue weighted by Gasteiger charge is 2.48. The zero-order chi connectivity index (χ0) is 25.4. The van der Waals surface area contributed by atoms with Gasteiger partial charge in [-0.15, -0.1) is 0 Å². The molecular weight excluding hydrogens is 496 g/mol. The molecule has 2 heterocycles. The Hall–Kier alpha value is -3.68. The molecule has 6 nitrogen and oxygen atoms in total. The van der Waals surface area contributed by atoms with Crippen LogP contribution in [0.4, 0.5) is 5.13 Å². The molecule has 8 heteroatoms. The second-order valence-corrected chi connectivity index (χ2v) is 10.0. The number of Topliss-reactive ketones (excluding diaryl/α,β-unsaturated/α-hetero) is 1. The van der Waals surface area contributed by atoms with Gasteiger partial charge in [-0.25, -0.2) is 4.98 Å². The number of nitrogens with zero attached hydrogens (tertiary/aromatic N) is 2. The minimum absolute atomic E-state index is 0.00813. The number of aromatic nitrogens is 1. The van der Waals surface area contributed by atoms with Crippen molar-refractivity contribution >= 4 is 55.7 Å². The van der Waals surface area contributed by atoms with Crippen LogP contribution in [0.1, 0.15) is 36.1 Å². The lowest BCUT2D eigenvalue weighted by molar-refractivity contribution is -0.132. The van der Waals surface area contributed by atoms with Gasteiger partial charge in [-0.05, 0) is 49.2 Å². The van der Waals surface area contributed by atoms with Gasteiger partial charge in [0.25, 0.3) is 5.78 Å². The maximum Gasteiger partial charge on any atom is 0.301 e. The molecule has 182 valence electrons. The van der Waals surface area contributed by atoms with Crippen molar-refractivity contribution in [1.82, 2.24) is 4.98 Å². The molecule has 36 heavy (non-hydrogen) atoms. The van der Waals surface area contributed by atoms with E-state index in [0.29, 0.717) is 39.2 Å². The number of fused-ring (bicyclic) bond motifs is 1. The molecule has 1 aromatic heterocycles. The Morgan fingerprint density at radius 1 is 1.11 bits per heavy atom. The number of halogens is 1. The molecule has 4 aromatic rings.